The minimum Gasteiger partial charge on any atom is -0.339 e. The first-order valence-corrected chi connectivity index (χ1v) is 8.08. The zero-order valence-corrected chi connectivity index (χ0v) is 12.6. The lowest BCUT2D eigenvalue weighted by Crippen LogP contribution is -2.34. The summed E-state index contributed by atoms with van der Waals surface area (Å²) in [5.74, 6) is 3.44. The first-order chi connectivity index (χ1) is 9.79. The number of nitrogens with one attached hydrogen (secondary N) is 1. The Bertz CT molecular complexity index is 591. The number of halogens is 1. The Kier molecular flexibility index (Phi) is 4.24. The molecule has 2 unspecified atom stereocenters. The summed E-state index contributed by atoms with van der Waals surface area (Å²) < 4.78 is 5.42. The van der Waals surface area contributed by atoms with Crippen LogP contribution < -0.4 is 5.32 Å². The molecule has 106 valence electrons. The summed E-state index contributed by atoms with van der Waals surface area (Å²) in [6, 6.07) is 3.94. The molecular weight excluding hydrogens is 296 g/mol. The molecule has 0 amide bonds. The van der Waals surface area contributed by atoms with Gasteiger partial charge in [-0.3, -0.25) is 4.98 Å². The number of thioether (sulfide) groups is 1. The largest absolute Gasteiger partial charge is 0.339 e. The molecule has 2 aromatic rings. The third-order valence-corrected chi connectivity index (χ3v) is 4.77. The average Bonchev–Trinajstić information content (AvgIpc) is 3.08. The summed E-state index contributed by atoms with van der Waals surface area (Å²) in [5.41, 5.74) is 0.565. The zero-order valence-electron chi connectivity index (χ0n) is 11.0. The minimum atomic E-state index is 0.253. The molecule has 20 heavy (non-hydrogen) atoms. The van der Waals surface area contributed by atoms with Gasteiger partial charge in [-0.15, -0.1) is 0 Å². The molecule has 0 aromatic carbocycles. The Morgan fingerprint density at radius 2 is 2.40 bits per heavy atom. The van der Waals surface area contributed by atoms with Crippen LogP contribution in [-0.4, -0.2) is 39.2 Å². The van der Waals surface area contributed by atoms with E-state index in [1.807, 2.05) is 11.8 Å². The Morgan fingerprint density at radius 3 is 3.20 bits per heavy atom. The fourth-order valence-corrected chi connectivity index (χ4v) is 3.87. The number of pyridine rings is 1. The normalized spacial score (nSPS) is 22.3. The topological polar surface area (TPSA) is 63.8 Å². The monoisotopic (exact) mass is 310 g/mol. The maximum atomic E-state index is 6.11. The van der Waals surface area contributed by atoms with Crippen LogP contribution in [0.2, 0.25) is 5.02 Å². The fourth-order valence-electron chi connectivity index (χ4n) is 2.29. The van der Waals surface area contributed by atoms with Gasteiger partial charge in [0.25, 0.3) is 0 Å². The zero-order chi connectivity index (χ0) is 13.9. The van der Waals surface area contributed by atoms with Crippen LogP contribution in [0.3, 0.4) is 0 Å². The van der Waals surface area contributed by atoms with E-state index in [1.165, 1.54) is 0 Å². The van der Waals surface area contributed by atoms with Crippen molar-refractivity contribution in [1.29, 1.82) is 0 Å². The van der Waals surface area contributed by atoms with Gasteiger partial charge < -0.3 is 9.84 Å². The van der Waals surface area contributed by atoms with Gasteiger partial charge in [0.1, 0.15) is 5.69 Å². The van der Waals surface area contributed by atoms with Crippen molar-refractivity contribution in [3.63, 3.8) is 0 Å². The molecule has 3 rings (SSSR count). The van der Waals surface area contributed by atoms with Crippen LogP contribution in [0.5, 0.6) is 0 Å². The molecule has 5 nitrogen and oxygen atoms in total. The van der Waals surface area contributed by atoms with Crippen molar-refractivity contribution >= 4 is 23.4 Å². The molecule has 0 aliphatic carbocycles. The lowest BCUT2D eigenvalue weighted by atomic mass is 10.0. The maximum absolute atomic E-state index is 6.11. The smallest absolute Gasteiger partial charge is 0.232 e. The molecule has 7 heteroatoms. The molecule has 3 heterocycles. The highest BCUT2D eigenvalue weighted by molar-refractivity contribution is 7.99. The van der Waals surface area contributed by atoms with Gasteiger partial charge in [-0.25, -0.2) is 0 Å². The van der Waals surface area contributed by atoms with Crippen LogP contribution in [0.15, 0.2) is 22.9 Å². The number of hydrogen-bond acceptors (Lipinski definition) is 6. The van der Waals surface area contributed by atoms with E-state index in [1.54, 1.807) is 18.3 Å². The Balaban J connectivity index is 1.85. The Hall–Kier alpha value is -1.11. The molecule has 1 aliphatic rings. The second-order valence-corrected chi connectivity index (χ2v) is 6.08. The molecule has 1 aliphatic heterocycles. The molecule has 0 saturated carbocycles. The molecule has 0 spiro atoms. The van der Waals surface area contributed by atoms with Crippen LogP contribution in [0.4, 0.5) is 0 Å². The van der Waals surface area contributed by atoms with Crippen molar-refractivity contribution < 1.29 is 4.52 Å². The molecule has 0 radical (unpaired) electrons. The standard InChI is InChI=1S/C13H15ClN4OS/c1-2-15-10-7-20-6-8(10)13-17-12(18-19-13)11-9(14)4-3-5-16-11/h3-5,8,10,15H,2,6-7H2,1H3. The second-order valence-electron chi connectivity index (χ2n) is 4.60. The van der Waals surface area contributed by atoms with Gasteiger partial charge in [0.05, 0.1) is 10.9 Å². The van der Waals surface area contributed by atoms with Crippen LogP contribution in [0.1, 0.15) is 18.7 Å². The lowest BCUT2D eigenvalue weighted by Gasteiger charge is -2.15. The van der Waals surface area contributed by atoms with Crippen LogP contribution >= 0.6 is 23.4 Å². The molecule has 1 fully saturated rings. The Labute approximate surface area is 126 Å². The van der Waals surface area contributed by atoms with Crippen molar-refractivity contribution in [2.45, 2.75) is 18.9 Å². The van der Waals surface area contributed by atoms with Gasteiger partial charge >= 0.3 is 0 Å². The highest BCUT2D eigenvalue weighted by Crippen LogP contribution is 2.33. The highest BCUT2D eigenvalue weighted by atomic mass is 35.5. The number of rotatable bonds is 4. The minimum absolute atomic E-state index is 0.253. The number of nitrogens with zero attached hydrogens (tertiary/aromatic N) is 3. The number of hydrogen-bond donors (Lipinski definition) is 1. The first-order valence-electron chi connectivity index (χ1n) is 6.55. The number of likely N-dealkylation sites (N-methyl/N-ethyl adjacent to an activating group) is 1. The van der Waals surface area contributed by atoms with Crippen molar-refractivity contribution in [2.75, 3.05) is 18.1 Å². The third-order valence-electron chi connectivity index (χ3n) is 3.28. The second kappa shape index (κ2) is 6.11. The number of aromatic nitrogens is 3. The molecule has 1 N–H and O–H groups in total. The molecule has 0 bridgehead atoms. The van der Waals surface area contributed by atoms with Gasteiger partial charge in [0.15, 0.2) is 0 Å². The van der Waals surface area contributed by atoms with E-state index >= 15 is 0 Å². The summed E-state index contributed by atoms with van der Waals surface area (Å²) >= 11 is 8.01. The fraction of sp³-hybridized carbons (Fsp3) is 0.462. The van der Waals surface area contributed by atoms with E-state index in [0.717, 1.165) is 18.1 Å². The van der Waals surface area contributed by atoms with Crippen molar-refractivity contribution in [1.82, 2.24) is 20.4 Å². The van der Waals surface area contributed by atoms with Crippen LogP contribution in [0.25, 0.3) is 11.5 Å². The summed E-state index contributed by atoms with van der Waals surface area (Å²) in [6.45, 7) is 3.04. The molecule has 1 saturated heterocycles. The summed E-state index contributed by atoms with van der Waals surface area (Å²) in [6.07, 6.45) is 1.67. The quantitative estimate of drug-likeness (QED) is 0.936. The Morgan fingerprint density at radius 1 is 1.50 bits per heavy atom. The van der Waals surface area contributed by atoms with Crippen molar-refractivity contribution in [2.24, 2.45) is 0 Å². The van der Waals surface area contributed by atoms with E-state index in [-0.39, 0.29) is 5.92 Å². The molecule has 2 atom stereocenters. The van der Waals surface area contributed by atoms with Crippen molar-refractivity contribution in [3.05, 3.63) is 29.2 Å². The van der Waals surface area contributed by atoms with Gasteiger partial charge in [-0.1, -0.05) is 23.7 Å². The summed E-state index contributed by atoms with van der Waals surface area (Å²) in [5, 5.41) is 8.01. The van der Waals surface area contributed by atoms with E-state index in [0.29, 0.717) is 28.5 Å². The SMILES string of the molecule is CCNC1CSCC1c1nc(-c2ncccc2Cl)no1. The highest BCUT2D eigenvalue weighted by Gasteiger charge is 2.33. The van der Waals surface area contributed by atoms with Crippen LogP contribution in [-0.2, 0) is 0 Å². The summed E-state index contributed by atoms with van der Waals surface area (Å²) in [4.78, 5) is 8.68. The van der Waals surface area contributed by atoms with E-state index < -0.39 is 0 Å². The lowest BCUT2D eigenvalue weighted by molar-refractivity contribution is 0.340. The van der Waals surface area contributed by atoms with E-state index in [4.69, 9.17) is 16.1 Å². The average molecular weight is 311 g/mol. The molecular formula is C13H15ClN4OS. The predicted octanol–water partition coefficient (Wildman–Crippen LogP) is 2.59. The van der Waals surface area contributed by atoms with E-state index in [9.17, 15) is 0 Å². The predicted molar refractivity (Wildman–Crippen MR) is 80.1 cm³/mol. The van der Waals surface area contributed by atoms with Gasteiger partial charge in [0, 0.05) is 23.7 Å². The van der Waals surface area contributed by atoms with Gasteiger partial charge in [0.2, 0.25) is 11.7 Å². The van der Waals surface area contributed by atoms with Crippen LogP contribution in [0, 0.1) is 0 Å². The van der Waals surface area contributed by atoms with E-state index in [2.05, 4.69) is 27.4 Å². The van der Waals surface area contributed by atoms with Gasteiger partial charge in [-0.05, 0) is 18.7 Å². The maximum Gasteiger partial charge on any atom is 0.232 e. The first kappa shape index (κ1) is 13.9. The summed E-state index contributed by atoms with van der Waals surface area (Å²) in [7, 11) is 0. The molecule has 2 aromatic heterocycles. The third kappa shape index (κ3) is 2.68. The van der Waals surface area contributed by atoms with Crippen molar-refractivity contribution in [3.8, 4) is 11.5 Å². The van der Waals surface area contributed by atoms with Gasteiger partial charge in [-0.2, -0.15) is 16.7 Å².